The van der Waals surface area contributed by atoms with E-state index in [9.17, 15) is 0 Å². The van der Waals surface area contributed by atoms with Crippen molar-refractivity contribution in [1.82, 2.24) is 0 Å². The summed E-state index contributed by atoms with van der Waals surface area (Å²) in [6, 6.07) is 3.44. The molecule has 0 spiro atoms. The molecule has 0 aliphatic heterocycles. The van der Waals surface area contributed by atoms with Crippen LogP contribution in [0.5, 0.6) is 0 Å². The normalized spacial score (nSPS) is 9.91. The predicted molar refractivity (Wildman–Crippen MR) is 43.3 cm³/mol. The number of rotatable bonds is 4. The van der Waals surface area contributed by atoms with Crippen molar-refractivity contribution in [2.45, 2.75) is 6.42 Å². The molecular formula is C7H12N2O2. The number of nitrogens with one attached hydrogen (secondary N) is 1. The lowest BCUT2D eigenvalue weighted by atomic mass is 10.4. The zero-order valence-corrected chi connectivity index (χ0v) is 6.21. The molecule has 4 heteroatoms. The van der Waals surface area contributed by atoms with Gasteiger partial charge in [-0.1, -0.05) is 0 Å². The van der Waals surface area contributed by atoms with Gasteiger partial charge in [0, 0.05) is 25.3 Å². The van der Waals surface area contributed by atoms with E-state index >= 15 is 0 Å². The molecule has 0 amide bonds. The maximum absolute atomic E-state index is 8.45. The second-order valence-electron chi connectivity index (χ2n) is 2.21. The Labute approximate surface area is 65.0 Å². The van der Waals surface area contributed by atoms with Crippen molar-refractivity contribution in [3.63, 3.8) is 0 Å². The van der Waals surface area contributed by atoms with Crippen LogP contribution in [-0.2, 0) is 0 Å². The zero-order chi connectivity index (χ0) is 8.10. The van der Waals surface area contributed by atoms with Gasteiger partial charge in [-0.25, -0.2) is 0 Å². The van der Waals surface area contributed by atoms with Crippen LogP contribution < -0.4 is 11.1 Å². The molecule has 11 heavy (non-hydrogen) atoms. The standard InChI is InChI=1S/C7H12N2O2/c8-6-2-3-7(11-6)9-4-1-5-10/h2-3,9-10H,1,4-5,8H2. The predicted octanol–water partition coefficient (Wildman–Crippen LogP) is 0.656. The number of hydrogen-bond acceptors (Lipinski definition) is 4. The van der Waals surface area contributed by atoms with E-state index in [0.29, 0.717) is 24.7 Å². The molecule has 0 unspecified atom stereocenters. The van der Waals surface area contributed by atoms with Gasteiger partial charge in [-0.2, -0.15) is 0 Å². The molecule has 0 bridgehead atoms. The molecule has 1 heterocycles. The Morgan fingerprint density at radius 2 is 2.36 bits per heavy atom. The number of furan rings is 1. The lowest BCUT2D eigenvalue weighted by Crippen LogP contribution is -2.01. The molecule has 0 radical (unpaired) electrons. The summed E-state index contributed by atoms with van der Waals surface area (Å²) in [4.78, 5) is 0. The van der Waals surface area contributed by atoms with E-state index in [4.69, 9.17) is 15.3 Å². The van der Waals surface area contributed by atoms with Crippen LogP contribution in [-0.4, -0.2) is 18.3 Å². The van der Waals surface area contributed by atoms with E-state index < -0.39 is 0 Å². The fraction of sp³-hybridized carbons (Fsp3) is 0.429. The highest BCUT2D eigenvalue weighted by Crippen LogP contribution is 2.13. The quantitative estimate of drug-likeness (QED) is 0.560. The Balaban J connectivity index is 2.27. The molecule has 0 saturated heterocycles. The third-order valence-corrected chi connectivity index (χ3v) is 1.26. The van der Waals surface area contributed by atoms with E-state index in [1.54, 1.807) is 12.1 Å². The Bertz CT molecular complexity index is 210. The molecule has 4 N–H and O–H groups in total. The molecule has 0 fully saturated rings. The molecule has 0 aromatic carbocycles. The summed E-state index contributed by atoms with van der Waals surface area (Å²) in [6.45, 7) is 0.882. The van der Waals surface area contributed by atoms with Crippen LogP contribution in [0.25, 0.3) is 0 Å². The van der Waals surface area contributed by atoms with E-state index in [1.807, 2.05) is 0 Å². The summed E-state index contributed by atoms with van der Waals surface area (Å²) < 4.78 is 5.02. The largest absolute Gasteiger partial charge is 0.426 e. The van der Waals surface area contributed by atoms with Gasteiger partial charge in [0.2, 0.25) is 0 Å². The first kappa shape index (κ1) is 7.94. The van der Waals surface area contributed by atoms with E-state index in [-0.39, 0.29) is 6.61 Å². The number of nitrogens with two attached hydrogens (primary N) is 1. The summed E-state index contributed by atoms with van der Waals surface area (Å²) in [6.07, 6.45) is 0.709. The summed E-state index contributed by atoms with van der Waals surface area (Å²) in [7, 11) is 0. The molecule has 62 valence electrons. The van der Waals surface area contributed by atoms with Gasteiger partial charge >= 0.3 is 0 Å². The van der Waals surface area contributed by atoms with Crippen molar-refractivity contribution in [1.29, 1.82) is 0 Å². The number of nitrogen functional groups attached to an aromatic ring is 1. The van der Waals surface area contributed by atoms with Gasteiger partial charge in [-0.05, 0) is 6.42 Å². The van der Waals surface area contributed by atoms with Crippen LogP contribution >= 0.6 is 0 Å². The van der Waals surface area contributed by atoms with Crippen LogP contribution in [0.4, 0.5) is 11.8 Å². The third kappa shape index (κ3) is 2.51. The number of aliphatic hydroxyl groups is 1. The molecule has 0 atom stereocenters. The minimum atomic E-state index is 0.184. The fourth-order valence-corrected chi connectivity index (χ4v) is 0.738. The van der Waals surface area contributed by atoms with Crippen molar-refractivity contribution >= 4 is 11.8 Å². The van der Waals surface area contributed by atoms with Crippen LogP contribution in [0.3, 0.4) is 0 Å². The van der Waals surface area contributed by atoms with Gasteiger partial charge in [0.1, 0.15) is 0 Å². The molecular weight excluding hydrogens is 144 g/mol. The second-order valence-corrected chi connectivity index (χ2v) is 2.21. The lowest BCUT2D eigenvalue weighted by molar-refractivity contribution is 0.292. The average Bonchev–Trinajstić information content (AvgIpc) is 2.37. The lowest BCUT2D eigenvalue weighted by Gasteiger charge is -1.98. The summed E-state index contributed by atoms with van der Waals surface area (Å²) in [5.74, 6) is 1.05. The Hall–Kier alpha value is -1.16. The fourth-order valence-electron chi connectivity index (χ4n) is 0.738. The van der Waals surface area contributed by atoms with Gasteiger partial charge < -0.3 is 20.6 Å². The first-order valence-electron chi connectivity index (χ1n) is 3.53. The molecule has 1 aromatic rings. The van der Waals surface area contributed by atoms with Crippen molar-refractivity contribution in [2.24, 2.45) is 0 Å². The number of anilines is 2. The molecule has 1 rings (SSSR count). The number of aliphatic hydroxyl groups excluding tert-OH is 1. The van der Waals surface area contributed by atoms with Crippen LogP contribution in [0.2, 0.25) is 0 Å². The van der Waals surface area contributed by atoms with Gasteiger partial charge in [-0.15, -0.1) is 0 Å². The smallest absolute Gasteiger partial charge is 0.195 e. The summed E-state index contributed by atoms with van der Waals surface area (Å²) in [5.41, 5.74) is 5.33. The van der Waals surface area contributed by atoms with Crippen molar-refractivity contribution < 1.29 is 9.52 Å². The number of hydrogen-bond donors (Lipinski definition) is 3. The van der Waals surface area contributed by atoms with Gasteiger partial charge in [0.15, 0.2) is 11.8 Å². The van der Waals surface area contributed by atoms with E-state index in [0.717, 1.165) is 0 Å². The molecule has 1 aromatic heterocycles. The Morgan fingerprint density at radius 3 is 2.91 bits per heavy atom. The molecule has 0 aliphatic carbocycles. The average molecular weight is 156 g/mol. The molecule has 4 nitrogen and oxygen atoms in total. The molecule has 0 aliphatic rings. The van der Waals surface area contributed by atoms with E-state index in [1.165, 1.54) is 0 Å². The first-order chi connectivity index (χ1) is 5.33. The minimum absolute atomic E-state index is 0.184. The highest BCUT2D eigenvalue weighted by Gasteiger charge is 1.95. The Morgan fingerprint density at radius 1 is 1.55 bits per heavy atom. The van der Waals surface area contributed by atoms with E-state index in [2.05, 4.69) is 5.32 Å². The van der Waals surface area contributed by atoms with Gasteiger partial charge in [0.05, 0.1) is 0 Å². The second kappa shape index (κ2) is 3.88. The van der Waals surface area contributed by atoms with Crippen LogP contribution in [0.15, 0.2) is 16.5 Å². The van der Waals surface area contributed by atoms with Crippen LogP contribution in [0.1, 0.15) is 6.42 Å². The topological polar surface area (TPSA) is 71.4 Å². The van der Waals surface area contributed by atoms with Crippen LogP contribution in [0, 0.1) is 0 Å². The SMILES string of the molecule is Nc1ccc(NCCCO)o1. The molecule has 0 saturated carbocycles. The first-order valence-corrected chi connectivity index (χ1v) is 3.53. The third-order valence-electron chi connectivity index (χ3n) is 1.26. The summed E-state index contributed by atoms with van der Waals surface area (Å²) in [5, 5.41) is 11.4. The zero-order valence-electron chi connectivity index (χ0n) is 6.21. The maximum Gasteiger partial charge on any atom is 0.195 e. The van der Waals surface area contributed by atoms with Crippen molar-refractivity contribution in [3.05, 3.63) is 12.1 Å². The minimum Gasteiger partial charge on any atom is -0.426 e. The summed E-state index contributed by atoms with van der Waals surface area (Å²) >= 11 is 0. The van der Waals surface area contributed by atoms with Gasteiger partial charge in [0.25, 0.3) is 0 Å². The monoisotopic (exact) mass is 156 g/mol. The Kier molecular flexibility index (Phi) is 2.80. The van der Waals surface area contributed by atoms with Gasteiger partial charge in [-0.3, -0.25) is 0 Å². The van der Waals surface area contributed by atoms with Crippen molar-refractivity contribution in [3.8, 4) is 0 Å². The maximum atomic E-state index is 8.45. The van der Waals surface area contributed by atoms with Crippen molar-refractivity contribution in [2.75, 3.05) is 24.2 Å². The highest BCUT2D eigenvalue weighted by atomic mass is 16.4. The highest BCUT2D eigenvalue weighted by molar-refractivity contribution is 5.39.